The van der Waals surface area contributed by atoms with Crippen LogP contribution in [0.25, 0.3) is 11.3 Å². The van der Waals surface area contributed by atoms with Gasteiger partial charge in [0.15, 0.2) is 12.4 Å². The summed E-state index contributed by atoms with van der Waals surface area (Å²) in [4.78, 5) is 19.9. The van der Waals surface area contributed by atoms with E-state index in [9.17, 15) is 13.6 Å². The molecule has 8 nitrogen and oxygen atoms in total. The zero-order chi connectivity index (χ0) is 19.7. The highest BCUT2D eigenvalue weighted by Crippen LogP contribution is 2.39. The van der Waals surface area contributed by atoms with Crippen molar-refractivity contribution in [1.29, 1.82) is 0 Å². The van der Waals surface area contributed by atoms with Crippen molar-refractivity contribution in [2.45, 2.75) is 31.0 Å². The molecule has 3 aromatic rings. The third-order valence-electron chi connectivity index (χ3n) is 4.06. The lowest BCUT2D eigenvalue weighted by Crippen LogP contribution is -2.22. The summed E-state index contributed by atoms with van der Waals surface area (Å²) in [6, 6.07) is 4.58. The molecule has 0 radical (unpaired) electrons. The first-order chi connectivity index (χ1) is 13.4. The molecule has 3 aromatic heterocycles. The molecule has 1 atom stereocenters. The maximum absolute atomic E-state index is 12.8. The average Bonchev–Trinajstić information content (AvgIpc) is 3.41. The highest BCUT2D eigenvalue weighted by Gasteiger charge is 2.27. The Kier molecular flexibility index (Phi) is 4.89. The molecule has 3 heterocycles. The van der Waals surface area contributed by atoms with Crippen LogP contribution in [0.4, 0.5) is 8.78 Å². The van der Waals surface area contributed by atoms with E-state index < -0.39 is 12.3 Å². The van der Waals surface area contributed by atoms with Crippen molar-refractivity contribution in [2.75, 3.05) is 6.61 Å². The number of halogens is 2. The molecule has 0 saturated heterocycles. The Morgan fingerprint density at radius 1 is 1.29 bits per heavy atom. The van der Waals surface area contributed by atoms with Crippen molar-refractivity contribution in [3.05, 3.63) is 52.4 Å². The summed E-state index contributed by atoms with van der Waals surface area (Å²) in [6.45, 7) is -0.697. The topological polar surface area (TPSA) is 95.9 Å². The van der Waals surface area contributed by atoms with Crippen molar-refractivity contribution in [3.8, 4) is 17.3 Å². The van der Waals surface area contributed by atoms with Crippen LogP contribution in [0.5, 0.6) is 6.01 Å². The first kappa shape index (κ1) is 18.6. The second-order valence-electron chi connectivity index (χ2n) is 6.51. The second kappa shape index (κ2) is 7.35. The Hall–Kier alpha value is -2.74. The van der Waals surface area contributed by atoms with E-state index in [1.54, 1.807) is 0 Å². The average molecular weight is 407 g/mol. The molecule has 1 unspecified atom stereocenters. The molecule has 28 heavy (non-hydrogen) atoms. The van der Waals surface area contributed by atoms with E-state index in [2.05, 4.69) is 20.2 Å². The highest BCUT2D eigenvalue weighted by molar-refractivity contribution is 7.18. The molecule has 1 aliphatic rings. The van der Waals surface area contributed by atoms with Crippen molar-refractivity contribution >= 4 is 9.24 Å². The van der Waals surface area contributed by atoms with Crippen molar-refractivity contribution in [1.82, 2.24) is 24.9 Å². The van der Waals surface area contributed by atoms with Gasteiger partial charge in [0.1, 0.15) is 6.54 Å². The lowest BCUT2D eigenvalue weighted by Gasteiger charge is -2.10. The number of aromatic nitrogens is 5. The minimum absolute atomic E-state index is 0.150. The Balaban J connectivity index is 1.50. The second-order valence-corrected chi connectivity index (χ2v) is 7.36. The first-order valence-electron chi connectivity index (χ1n) is 8.53. The van der Waals surface area contributed by atoms with Gasteiger partial charge in [-0.15, -0.1) is 0 Å². The summed E-state index contributed by atoms with van der Waals surface area (Å²) in [5, 5.41) is 8.32. The van der Waals surface area contributed by atoms with Crippen LogP contribution in [-0.2, 0) is 6.54 Å². The summed E-state index contributed by atoms with van der Waals surface area (Å²) in [7, 11) is 1.38. The Morgan fingerprint density at radius 2 is 2.04 bits per heavy atom. The third kappa shape index (κ3) is 4.56. The molecule has 4 rings (SSSR count). The summed E-state index contributed by atoms with van der Waals surface area (Å²) < 4.78 is 36.9. The SMILES string of the molecule is O=c1ccc(-c2cnc(OCC(F)(F)P)nc2)nn1Cc1cc(C2CC2)no1. The molecule has 146 valence electrons. The van der Waals surface area contributed by atoms with Gasteiger partial charge in [0.2, 0.25) is 0 Å². The fraction of sp³-hybridized carbons (Fsp3) is 0.353. The van der Waals surface area contributed by atoms with Crippen LogP contribution in [-0.4, -0.2) is 37.2 Å². The Bertz CT molecular complexity index is 1030. The van der Waals surface area contributed by atoms with Crippen LogP contribution in [0.1, 0.15) is 30.2 Å². The summed E-state index contributed by atoms with van der Waals surface area (Å²) in [6.07, 6.45) is 4.99. The lowest BCUT2D eigenvalue weighted by molar-refractivity contribution is 0.0422. The number of hydrogen-bond donors (Lipinski definition) is 0. The lowest BCUT2D eigenvalue weighted by atomic mass is 10.2. The van der Waals surface area contributed by atoms with Crippen molar-refractivity contribution < 1.29 is 18.0 Å². The number of nitrogens with zero attached hydrogens (tertiary/aromatic N) is 5. The molecule has 0 aliphatic heterocycles. The standard InChI is InChI=1S/C17H16F2N5O3P/c18-17(19,28)9-26-16-20-6-11(7-21-16)13-3-4-15(25)24(22-13)8-12-5-14(23-27-12)10-1-2-10/h3-7,10H,1-2,8-9,28H2. The van der Waals surface area contributed by atoms with Crippen LogP contribution in [0.3, 0.4) is 0 Å². The summed E-state index contributed by atoms with van der Waals surface area (Å²) >= 11 is 0. The molecule has 0 spiro atoms. The molecular formula is C17H16F2N5O3P. The number of ether oxygens (including phenoxy) is 1. The predicted octanol–water partition coefficient (Wildman–Crippen LogP) is 2.46. The molecule has 1 saturated carbocycles. The van der Waals surface area contributed by atoms with Gasteiger partial charge in [-0.05, 0) is 18.9 Å². The van der Waals surface area contributed by atoms with E-state index in [0.717, 1.165) is 18.5 Å². The van der Waals surface area contributed by atoms with E-state index in [1.807, 2.05) is 6.07 Å². The van der Waals surface area contributed by atoms with E-state index in [1.165, 1.54) is 38.4 Å². The zero-order valence-corrected chi connectivity index (χ0v) is 15.7. The third-order valence-corrected chi connectivity index (χ3v) is 4.23. The smallest absolute Gasteiger partial charge is 0.316 e. The molecule has 1 fully saturated rings. The maximum atomic E-state index is 12.8. The van der Waals surface area contributed by atoms with Gasteiger partial charge in [0, 0.05) is 36.0 Å². The van der Waals surface area contributed by atoms with E-state index in [4.69, 9.17) is 9.26 Å². The molecule has 0 amide bonds. The largest absolute Gasteiger partial charge is 0.457 e. The van der Waals surface area contributed by atoms with Gasteiger partial charge in [-0.25, -0.2) is 14.6 Å². The van der Waals surface area contributed by atoms with Gasteiger partial charge in [-0.1, -0.05) is 14.4 Å². The Morgan fingerprint density at radius 3 is 2.71 bits per heavy atom. The van der Waals surface area contributed by atoms with E-state index in [0.29, 0.717) is 22.9 Å². The van der Waals surface area contributed by atoms with Crippen LogP contribution in [0.2, 0.25) is 0 Å². The van der Waals surface area contributed by atoms with Gasteiger partial charge in [-0.2, -0.15) is 13.9 Å². The monoisotopic (exact) mass is 407 g/mol. The molecule has 11 heteroatoms. The molecule has 1 aliphatic carbocycles. The quantitative estimate of drug-likeness (QED) is 0.555. The fourth-order valence-electron chi connectivity index (χ4n) is 2.52. The predicted molar refractivity (Wildman–Crippen MR) is 97.3 cm³/mol. The van der Waals surface area contributed by atoms with Crippen LogP contribution in [0.15, 0.2) is 39.9 Å². The van der Waals surface area contributed by atoms with Crippen molar-refractivity contribution in [2.24, 2.45) is 0 Å². The number of hydrogen-bond acceptors (Lipinski definition) is 7. The highest BCUT2D eigenvalue weighted by atomic mass is 31.0. The molecular weight excluding hydrogens is 391 g/mol. The number of alkyl halides is 2. The van der Waals surface area contributed by atoms with Gasteiger partial charge in [0.05, 0.1) is 11.4 Å². The van der Waals surface area contributed by atoms with Crippen LogP contribution >= 0.6 is 9.24 Å². The Labute approximate surface area is 160 Å². The van der Waals surface area contributed by atoms with Crippen LogP contribution < -0.4 is 10.3 Å². The summed E-state index contributed by atoms with van der Waals surface area (Å²) in [5.41, 5.74) is -1.49. The van der Waals surface area contributed by atoms with Gasteiger partial charge >= 0.3 is 6.01 Å². The van der Waals surface area contributed by atoms with Gasteiger partial charge in [-0.3, -0.25) is 4.79 Å². The van der Waals surface area contributed by atoms with Gasteiger partial charge in [0.25, 0.3) is 11.2 Å². The minimum Gasteiger partial charge on any atom is -0.457 e. The van der Waals surface area contributed by atoms with Crippen LogP contribution in [0, 0.1) is 0 Å². The van der Waals surface area contributed by atoms with Gasteiger partial charge < -0.3 is 9.26 Å². The molecule has 0 aromatic carbocycles. The van der Waals surface area contributed by atoms with E-state index in [-0.39, 0.29) is 18.1 Å². The zero-order valence-electron chi connectivity index (χ0n) is 14.6. The first-order valence-corrected chi connectivity index (χ1v) is 9.11. The molecule has 0 bridgehead atoms. The van der Waals surface area contributed by atoms with Crippen molar-refractivity contribution in [3.63, 3.8) is 0 Å². The number of rotatable bonds is 7. The fourth-order valence-corrected chi connectivity index (χ4v) is 2.61. The maximum Gasteiger partial charge on any atom is 0.316 e. The minimum atomic E-state index is -3.06. The van der Waals surface area contributed by atoms with E-state index >= 15 is 0 Å². The normalized spacial score (nSPS) is 14.2. The molecule has 0 N–H and O–H groups in total. The summed E-state index contributed by atoms with van der Waals surface area (Å²) in [5.74, 6) is 1.00.